The van der Waals surface area contributed by atoms with Crippen molar-refractivity contribution in [3.05, 3.63) is 0 Å². The molecule has 0 saturated carbocycles. The van der Waals surface area contributed by atoms with E-state index in [2.05, 4.69) is 20.8 Å². The molecule has 0 N–H and O–H groups in total. The molecule has 0 aromatic heterocycles. The number of hydrogen-bond acceptors (Lipinski definition) is 2. The highest BCUT2D eigenvalue weighted by Crippen LogP contribution is 2.13. The van der Waals surface area contributed by atoms with E-state index in [-0.39, 0.29) is 0 Å². The van der Waals surface area contributed by atoms with Gasteiger partial charge in [0.05, 0.1) is 0 Å². The lowest BCUT2D eigenvalue weighted by Gasteiger charge is -2.14. The fourth-order valence-corrected chi connectivity index (χ4v) is 2.08. The van der Waals surface area contributed by atoms with Crippen LogP contribution in [0.5, 0.6) is 0 Å². The largest absolute Gasteiger partial charge is 0.381 e. The van der Waals surface area contributed by atoms with Gasteiger partial charge in [0.2, 0.25) is 0 Å². The van der Waals surface area contributed by atoms with Crippen LogP contribution in [0.25, 0.3) is 0 Å². The average Bonchev–Trinajstić information content (AvgIpc) is 2.44. The highest BCUT2D eigenvalue weighted by molar-refractivity contribution is 4.55. The fraction of sp³-hybridized carbons (Fsp3) is 1.00. The minimum absolute atomic E-state index is 0.775. The van der Waals surface area contributed by atoms with Crippen LogP contribution >= 0.6 is 0 Å². The Kier molecular flexibility index (Phi) is 15.9. The first-order valence-electron chi connectivity index (χ1n) is 8.50. The van der Waals surface area contributed by atoms with Gasteiger partial charge < -0.3 is 9.47 Å². The zero-order valence-electron chi connectivity index (χ0n) is 13.6. The molecule has 116 valence electrons. The number of rotatable bonds is 15. The summed E-state index contributed by atoms with van der Waals surface area (Å²) in [5.41, 5.74) is 0. The van der Waals surface area contributed by atoms with Crippen LogP contribution in [-0.4, -0.2) is 26.4 Å². The van der Waals surface area contributed by atoms with Crippen molar-refractivity contribution in [3.63, 3.8) is 0 Å². The van der Waals surface area contributed by atoms with E-state index in [1.54, 1.807) is 0 Å². The van der Waals surface area contributed by atoms with Crippen LogP contribution < -0.4 is 0 Å². The highest BCUT2D eigenvalue weighted by atomic mass is 16.5. The second-order valence-electron chi connectivity index (χ2n) is 5.52. The Labute approximate surface area is 121 Å². The van der Waals surface area contributed by atoms with Crippen LogP contribution in [-0.2, 0) is 9.47 Å². The Balaban J connectivity index is 3.16. The minimum Gasteiger partial charge on any atom is -0.381 e. The van der Waals surface area contributed by atoms with E-state index in [1.165, 1.54) is 57.8 Å². The smallest absolute Gasteiger partial charge is 0.0494 e. The van der Waals surface area contributed by atoms with Gasteiger partial charge in [-0.25, -0.2) is 0 Å². The summed E-state index contributed by atoms with van der Waals surface area (Å²) in [6, 6.07) is 0. The van der Waals surface area contributed by atoms with Crippen molar-refractivity contribution in [3.8, 4) is 0 Å². The third-order valence-corrected chi connectivity index (χ3v) is 3.62. The van der Waals surface area contributed by atoms with E-state index in [0.29, 0.717) is 0 Å². The molecule has 0 aliphatic heterocycles. The van der Waals surface area contributed by atoms with Gasteiger partial charge in [0.1, 0.15) is 0 Å². The van der Waals surface area contributed by atoms with E-state index in [4.69, 9.17) is 9.47 Å². The van der Waals surface area contributed by atoms with Gasteiger partial charge in [0.25, 0.3) is 0 Å². The average molecular weight is 272 g/mol. The molecule has 1 unspecified atom stereocenters. The first kappa shape index (κ1) is 18.9. The zero-order chi connectivity index (χ0) is 14.2. The summed E-state index contributed by atoms with van der Waals surface area (Å²) in [6.07, 6.45) is 11.2. The lowest BCUT2D eigenvalue weighted by Crippen LogP contribution is -2.09. The van der Waals surface area contributed by atoms with Crippen LogP contribution in [0, 0.1) is 5.92 Å². The third kappa shape index (κ3) is 14.1. The van der Waals surface area contributed by atoms with Crippen molar-refractivity contribution in [2.75, 3.05) is 26.4 Å². The normalized spacial score (nSPS) is 12.8. The number of ether oxygens (including phenoxy) is 2. The molecular formula is C17H36O2. The summed E-state index contributed by atoms with van der Waals surface area (Å²) in [5, 5.41) is 0. The second-order valence-corrected chi connectivity index (χ2v) is 5.52. The Bertz CT molecular complexity index is 159. The standard InChI is InChI=1S/C17H36O2/c1-4-7-12-17(6-3)16-19-15-11-9-10-14-18-13-8-5-2/h17H,4-16H2,1-3H3. The van der Waals surface area contributed by atoms with Crippen molar-refractivity contribution < 1.29 is 9.47 Å². The Hall–Kier alpha value is -0.0800. The fourth-order valence-electron chi connectivity index (χ4n) is 2.08. The molecule has 0 aliphatic carbocycles. The molecule has 0 aromatic carbocycles. The van der Waals surface area contributed by atoms with Gasteiger partial charge in [-0.1, -0.05) is 46.5 Å². The summed E-state index contributed by atoms with van der Waals surface area (Å²) < 4.78 is 11.3. The van der Waals surface area contributed by atoms with E-state index < -0.39 is 0 Å². The van der Waals surface area contributed by atoms with Gasteiger partial charge in [-0.3, -0.25) is 0 Å². The molecule has 0 aromatic rings. The maximum atomic E-state index is 5.79. The molecule has 2 heteroatoms. The molecule has 0 spiro atoms. The quantitative estimate of drug-likeness (QED) is 0.381. The maximum absolute atomic E-state index is 5.79. The first-order valence-corrected chi connectivity index (χ1v) is 8.50. The van der Waals surface area contributed by atoms with Crippen molar-refractivity contribution in [1.29, 1.82) is 0 Å². The molecule has 2 nitrogen and oxygen atoms in total. The molecule has 0 amide bonds. The molecular weight excluding hydrogens is 236 g/mol. The van der Waals surface area contributed by atoms with E-state index in [0.717, 1.165) is 32.3 Å². The molecule has 0 bridgehead atoms. The van der Waals surface area contributed by atoms with E-state index in [9.17, 15) is 0 Å². The van der Waals surface area contributed by atoms with Crippen molar-refractivity contribution in [2.24, 2.45) is 5.92 Å². The first-order chi connectivity index (χ1) is 9.35. The summed E-state index contributed by atoms with van der Waals surface area (Å²) in [7, 11) is 0. The molecule has 0 heterocycles. The van der Waals surface area contributed by atoms with Gasteiger partial charge >= 0.3 is 0 Å². The number of unbranched alkanes of at least 4 members (excludes halogenated alkanes) is 4. The monoisotopic (exact) mass is 272 g/mol. The van der Waals surface area contributed by atoms with Crippen LogP contribution in [0.1, 0.15) is 78.6 Å². The van der Waals surface area contributed by atoms with Gasteiger partial charge in [-0.2, -0.15) is 0 Å². The molecule has 0 fully saturated rings. The molecule has 1 atom stereocenters. The molecule has 0 radical (unpaired) electrons. The predicted molar refractivity (Wildman–Crippen MR) is 83.7 cm³/mol. The van der Waals surface area contributed by atoms with Crippen LogP contribution in [0.4, 0.5) is 0 Å². The lowest BCUT2D eigenvalue weighted by atomic mass is 10.0. The van der Waals surface area contributed by atoms with Crippen molar-refractivity contribution in [2.45, 2.75) is 78.6 Å². The Morgan fingerprint density at radius 2 is 1.32 bits per heavy atom. The molecule has 19 heavy (non-hydrogen) atoms. The molecule has 0 rings (SSSR count). The predicted octanol–water partition coefficient (Wildman–Crippen LogP) is 5.21. The van der Waals surface area contributed by atoms with Gasteiger partial charge in [-0.05, 0) is 38.0 Å². The van der Waals surface area contributed by atoms with Crippen LogP contribution in [0.15, 0.2) is 0 Å². The Morgan fingerprint density at radius 1 is 0.684 bits per heavy atom. The minimum atomic E-state index is 0.775. The Morgan fingerprint density at radius 3 is 1.95 bits per heavy atom. The topological polar surface area (TPSA) is 18.5 Å². The SMILES string of the molecule is CCCCOCCCCCOCC(CC)CCCC. The summed E-state index contributed by atoms with van der Waals surface area (Å²) in [4.78, 5) is 0. The summed E-state index contributed by atoms with van der Waals surface area (Å²) in [6.45, 7) is 10.5. The van der Waals surface area contributed by atoms with Crippen molar-refractivity contribution >= 4 is 0 Å². The molecule has 0 saturated heterocycles. The summed E-state index contributed by atoms with van der Waals surface area (Å²) in [5.74, 6) is 0.775. The van der Waals surface area contributed by atoms with Crippen LogP contribution in [0.2, 0.25) is 0 Å². The van der Waals surface area contributed by atoms with E-state index in [1.807, 2.05) is 0 Å². The van der Waals surface area contributed by atoms with Gasteiger partial charge in [-0.15, -0.1) is 0 Å². The van der Waals surface area contributed by atoms with Gasteiger partial charge in [0.15, 0.2) is 0 Å². The maximum Gasteiger partial charge on any atom is 0.0494 e. The van der Waals surface area contributed by atoms with Crippen LogP contribution in [0.3, 0.4) is 0 Å². The van der Waals surface area contributed by atoms with Gasteiger partial charge in [0, 0.05) is 26.4 Å². The highest BCUT2D eigenvalue weighted by Gasteiger charge is 2.05. The lowest BCUT2D eigenvalue weighted by molar-refractivity contribution is 0.0867. The van der Waals surface area contributed by atoms with Crippen molar-refractivity contribution in [1.82, 2.24) is 0 Å². The summed E-state index contributed by atoms with van der Waals surface area (Å²) >= 11 is 0. The van der Waals surface area contributed by atoms with E-state index >= 15 is 0 Å². The second kappa shape index (κ2) is 16.0. The third-order valence-electron chi connectivity index (χ3n) is 3.62. The number of hydrogen-bond donors (Lipinski definition) is 0. The zero-order valence-corrected chi connectivity index (χ0v) is 13.6. The molecule has 0 aliphatic rings.